The molecule has 0 amide bonds. The highest BCUT2D eigenvalue weighted by molar-refractivity contribution is 5.70. The van der Waals surface area contributed by atoms with Crippen LogP contribution in [0.3, 0.4) is 0 Å². The van der Waals surface area contributed by atoms with Crippen LogP contribution in [0.5, 0.6) is 5.75 Å². The van der Waals surface area contributed by atoms with Crippen molar-refractivity contribution in [2.75, 3.05) is 14.1 Å². The molecule has 0 fully saturated rings. The zero-order chi connectivity index (χ0) is 12.1. The van der Waals surface area contributed by atoms with E-state index in [1.165, 1.54) is 4.90 Å². The molecule has 3 nitrogen and oxygen atoms in total. The van der Waals surface area contributed by atoms with Crippen molar-refractivity contribution >= 4 is 6.29 Å². The van der Waals surface area contributed by atoms with Crippen LogP contribution < -0.4 is 4.74 Å². The number of benzene rings is 1. The Hall–Kier alpha value is -1.84. The van der Waals surface area contributed by atoms with E-state index in [9.17, 15) is 9.18 Å². The van der Waals surface area contributed by atoms with Crippen molar-refractivity contribution in [2.24, 2.45) is 0 Å². The summed E-state index contributed by atoms with van der Waals surface area (Å²) in [7, 11) is 3.21. The summed E-state index contributed by atoms with van der Waals surface area (Å²) < 4.78 is 18.4. The Morgan fingerprint density at radius 3 is 2.31 bits per heavy atom. The summed E-state index contributed by atoms with van der Waals surface area (Å²) in [5, 5.41) is 0. The number of nitrogens with zero attached hydrogens (tertiary/aromatic N) is 1. The highest BCUT2D eigenvalue weighted by Crippen LogP contribution is 2.17. The lowest BCUT2D eigenvalue weighted by atomic mass is 10.2. The molecule has 16 heavy (non-hydrogen) atoms. The monoisotopic (exact) mass is 223 g/mol. The van der Waals surface area contributed by atoms with Gasteiger partial charge in [0, 0.05) is 14.1 Å². The molecule has 0 atom stereocenters. The lowest BCUT2D eigenvalue weighted by Gasteiger charge is -2.17. The first kappa shape index (κ1) is 12.2. The van der Waals surface area contributed by atoms with E-state index in [0.29, 0.717) is 5.75 Å². The van der Waals surface area contributed by atoms with Crippen LogP contribution in [0.4, 0.5) is 4.39 Å². The molecule has 0 saturated heterocycles. The number of rotatable bonds is 4. The molecule has 0 aliphatic rings. The van der Waals surface area contributed by atoms with Crippen molar-refractivity contribution in [3.05, 3.63) is 41.5 Å². The van der Waals surface area contributed by atoms with E-state index in [2.05, 4.69) is 0 Å². The first-order valence-electron chi connectivity index (χ1n) is 4.81. The van der Waals surface area contributed by atoms with E-state index >= 15 is 0 Å². The molecule has 0 aliphatic heterocycles. The summed E-state index contributed by atoms with van der Waals surface area (Å²) in [5.41, 5.74) is 1.08. The number of allylic oxidation sites excluding steroid dienone is 1. The maximum absolute atomic E-state index is 13.2. The molecule has 0 N–H and O–H groups in total. The third kappa shape index (κ3) is 3.08. The van der Waals surface area contributed by atoms with Crippen LogP contribution in [0.1, 0.15) is 5.56 Å². The molecule has 0 bridgehead atoms. The first-order chi connectivity index (χ1) is 7.54. The Morgan fingerprint density at radius 2 is 1.88 bits per heavy atom. The van der Waals surface area contributed by atoms with Gasteiger partial charge in [0.15, 0.2) is 6.29 Å². The molecule has 86 valence electrons. The number of ether oxygens (including phenoxy) is 1. The number of aryl methyl sites for hydroxylation is 1. The first-order valence-corrected chi connectivity index (χ1v) is 4.81. The van der Waals surface area contributed by atoms with Crippen molar-refractivity contribution in [1.82, 2.24) is 4.90 Å². The smallest absolute Gasteiger partial charge is 0.235 e. The molecule has 0 aromatic heterocycles. The van der Waals surface area contributed by atoms with Gasteiger partial charge in [0.25, 0.3) is 0 Å². The molecule has 0 heterocycles. The van der Waals surface area contributed by atoms with Gasteiger partial charge >= 0.3 is 0 Å². The zero-order valence-corrected chi connectivity index (χ0v) is 9.53. The standard InChI is InChI=1S/C12H14FNO2/c1-9-4-6-10(7-5-9)16-12(14(2)3)11(13)8-15/h4-8H,1-3H3/b12-11-. The summed E-state index contributed by atoms with van der Waals surface area (Å²) in [6, 6.07) is 7.14. The molecule has 0 spiro atoms. The molecule has 0 unspecified atom stereocenters. The fourth-order valence-electron chi connectivity index (χ4n) is 1.12. The molecular formula is C12H14FNO2. The summed E-state index contributed by atoms with van der Waals surface area (Å²) in [4.78, 5) is 11.8. The molecule has 4 heteroatoms. The Bertz CT molecular complexity index is 396. The van der Waals surface area contributed by atoms with Crippen molar-refractivity contribution in [2.45, 2.75) is 6.92 Å². The van der Waals surface area contributed by atoms with Gasteiger partial charge in [-0.2, -0.15) is 4.39 Å². The quantitative estimate of drug-likeness (QED) is 0.445. The summed E-state index contributed by atoms with van der Waals surface area (Å²) in [5.74, 6) is -0.532. The Kier molecular flexibility index (Phi) is 4.05. The van der Waals surface area contributed by atoms with E-state index < -0.39 is 5.83 Å². The largest absolute Gasteiger partial charge is 0.438 e. The van der Waals surface area contributed by atoms with E-state index in [0.717, 1.165) is 5.56 Å². The Morgan fingerprint density at radius 1 is 1.31 bits per heavy atom. The third-order valence-corrected chi connectivity index (χ3v) is 1.95. The minimum Gasteiger partial charge on any atom is -0.438 e. The van der Waals surface area contributed by atoms with E-state index in [1.54, 1.807) is 26.2 Å². The van der Waals surface area contributed by atoms with Crippen LogP contribution in [0, 0.1) is 6.92 Å². The molecular weight excluding hydrogens is 209 g/mol. The lowest BCUT2D eigenvalue weighted by molar-refractivity contribution is -0.106. The van der Waals surface area contributed by atoms with Gasteiger partial charge in [-0.3, -0.25) is 4.79 Å². The molecule has 1 rings (SSSR count). The van der Waals surface area contributed by atoms with Gasteiger partial charge < -0.3 is 9.64 Å². The molecule has 0 aliphatic carbocycles. The van der Waals surface area contributed by atoms with E-state index in [1.807, 2.05) is 19.1 Å². The number of halogens is 1. The van der Waals surface area contributed by atoms with E-state index in [4.69, 9.17) is 4.74 Å². The van der Waals surface area contributed by atoms with Crippen molar-refractivity contribution < 1.29 is 13.9 Å². The van der Waals surface area contributed by atoms with Crippen molar-refractivity contribution in [1.29, 1.82) is 0 Å². The lowest BCUT2D eigenvalue weighted by Crippen LogP contribution is -2.18. The topological polar surface area (TPSA) is 29.5 Å². The average molecular weight is 223 g/mol. The second-order valence-corrected chi connectivity index (χ2v) is 3.58. The summed E-state index contributed by atoms with van der Waals surface area (Å²) in [6.07, 6.45) is 0.128. The van der Waals surface area contributed by atoms with Crippen LogP contribution in [0.25, 0.3) is 0 Å². The maximum atomic E-state index is 13.2. The second-order valence-electron chi connectivity index (χ2n) is 3.58. The van der Waals surface area contributed by atoms with Crippen LogP contribution in [-0.4, -0.2) is 25.3 Å². The zero-order valence-electron chi connectivity index (χ0n) is 9.53. The van der Waals surface area contributed by atoms with Gasteiger partial charge in [-0.15, -0.1) is 0 Å². The Balaban J connectivity index is 2.93. The number of aldehydes is 1. The molecule has 1 aromatic carbocycles. The second kappa shape index (κ2) is 5.30. The van der Waals surface area contributed by atoms with Gasteiger partial charge in [-0.25, -0.2) is 0 Å². The fraction of sp³-hybridized carbons (Fsp3) is 0.250. The minimum atomic E-state index is -0.925. The number of carbonyl (C=O) groups is 1. The van der Waals surface area contributed by atoms with Gasteiger partial charge in [-0.05, 0) is 19.1 Å². The van der Waals surface area contributed by atoms with Gasteiger partial charge in [0.05, 0.1) is 0 Å². The minimum absolute atomic E-state index is 0.0983. The summed E-state index contributed by atoms with van der Waals surface area (Å²) in [6.45, 7) is 1.94. The maximum Gasteiger partial charge on any atom is 0.235 e. The molecule has 0 radical (unpaired) electrons. The Labute approximate surface area is 94.1 Å². The van der Waals surface area contributed by atoms with Crippen molar-refractivity contribution in [3.8, 4) is 5.75 Å². The summed E-state index contributed by atoms with van der Waals surface area (Å²) >= 11 is 0. The van der Waals surface area contributed by atoms with Crippen LogP contribution in [0.15, 0.2) is 36.0 Å². The predicted molar refractivity (Wildman–Crippen MR) is 59.7 cm³/mol. The normalized spacial score (nSPS) is 11.8. The predicted octanol–water partition coefficient (Wildman–Crippen LogP) is 2.27. The van der Waals surface area contributed by atoms with Crippen LogP contribution >= 0.6 is 0 Å². The van der Waals surface area contributed by atoms with Gasteiger partial charge in [0.2, 0.25) is 11.7 Å². The SMILES string of the molecule is Cc1ccc(O/C(=C(\F)C=O)N(C)C)cc1. The average Bonchev–Trinajstić information content (AvgIpc) is 2.27. The molecule has 1 aromatic rings. The molecule has 0 saturated carbocycles. The highest BCUT2D eigenvalue weighted by Gasteiger charge is 2.10. The van der Waals surface area contributed by atoms with Crippen LogP contribution in [0.2, 0.25) is 0 Å². The highest BCUT2D eigenvalue weighted by atomic mass is 19.1. The number of hydrogen-bond acceptors (Lipinski definition) is 3. The van der Waals surface area contributed by atoms with Gasteiger partial charge in [-0.1, -0.05) is 17.7 Å². The van der Waals surface area contributed by atoms with Gasteiger partial charge in [0.1, 0.15) is 5.75 Å². The number of hydrogen-bond donors (Lipinski definition) is 0. The van der Waals surface area contributed by atoms with Crippen LogP contribution in [-0.2, 0) is 4.79 Å². The third-order valence-electron chi connectivity index (χ3n) is 1.95. The van der Waals surface area contributed by atoms with Crippen molar-refractivity contribution in [3.63, 3.8) is 0 Å². The fourth-order valence-corrected chi connectivity index (χ4v) is 1.12. The number of carbonyl (C=O) groups excluding carboxylic acids is 1. The van der Waals surface area contributed by atoms with E-state index in [-0.39, 0.29) is 12.2 Å².